The van der Waals surface area contributed by atoms with E-state index in [4.69, 9.17) is 4.74 Å². The van der Waals surface area contributed by atoms with Crippen molar-refractivity contribution in [3.8, 4) is 0 Å². The smallest absolute Gasteiger partial charge is 0.323 e. The van der Waals surface area contributed by atoms with Gasteiger partial charge in [-0.25, -0.2) is 0 Å². The van der Waals surface area contributed by atoms with Gasteiger partial charge in [-0.05, 0) is 57.3 Å². The number of rotatable bonds is 7. The molecule has 0 bridgehead atoms. The van der Waals surface area contributed by atoms with Crippen LogP contribution in [0.15, 0.2) is 30.3 Å². The van der Waals surface area contributed by atoms with E-state index in [0.717, 1.165) is 25.2 Å². The van der Waals surface area contributed by atoms with Crippen molar-refractivity contribution in [2.45, 2.75) is 32.2 Å². The van der Waals surface area contributed by atoms with Crippen molar-refractivity contribution >= 4 is 18.4 Å². The minimum Gasteiger partial charge on any atom is -0.465 e. The van der Waals surface area contributed by atoms with Crippen LogP contribution in [0.25, 0.3) is 0 Å². The molecule has 0 amide bonds. The third-order valence-corrected chi connectivity index (χ3v) is 3.97. The van der Waals surface area contributed by atoms with E-state index in [9.17, 15) is 4.79 Å². The Labute approximate surface area is 139 Å². The lowest BCUT2D eigenvalue weighted by Gasteiger charge is -2.25. The molecule has 124 valence electrons. The van der Waals surface area contributed by atoms with Crippen molar-refractivity contribution in [2.75, 3.05) is 26.2 Å². The summed E-state index contributed by atoms with van der Waals surface area (Å²) in [7, 11) is 0. The van der Waals surface area contributed by atoms with Crippen LogP contribution >= 0.6 is 12.4 Å². The van der Waals surface area contributed by atoms with E-state index in [1.165, 1.54) is 12.8 Å². The van der Waals surface area contributed by atoms with Gasteiger partial charge in [0, 0.05) is 0 Å². The zero-order valence-electron chi connectivity index (χ0n) is 13.2. The molecule has 2 N–H and O–H groups in total. The molecule has 2 rings (SSSR count). The Hall–Kier alpha value is -1.10. The lowest BCUT2D eigenvalue weighted by molar-refractivity contribution is -0.145. The molecule has 0 aliphatic carbocycles. The molecule has 0 saturated carbocycles. The molecule has 4 nitrogen and oxygen atoms in total. The van der Waals surface area contributed by atoms with Crippen LogP contribution in [0.2, 0.25) is 0 Å². The largest absolute Gasteiger partial charge is 0.465 e. The number of halogens is 1. The summed E-state index contributed by atoms with van der Waals surface area (Å²) < 4.78 is 5.20. The molecule has 1 unspecified atom stereocenters. The van der Waals surface area contributed by atoms with Gasteiger partial charge in [0.2, 0.25) is 0 Å². The van der Waals surface area contributed by atoms with Crippen LogP contribution in [-0.4, -0.2) is 38.3 Å². The van der Waals surface area contributed by atoms with Crippen LogP contribution in [0.5, 0.6) is 0 Å². The topological polar surface area (TPSA) is 50.4 Å². The van der Waals surface area contributed by atoms with Gasteiger partial charge >= 0.3 is 5.97 Å². The highest BCUT2D eigenvalue weighted by atomic mass is 35.5. The van der Waals surface area contributed by atoms with E-state index in [-0.39, 0.29) is 24.4 Å². The molecule has 1 heterocycles. The van der Waals surface area contributed by atoms with E-state index in [1.54, 1.807) is 0 Å². The number of benzene rings is 1. The Morgan fingerprint density at radius 3 is 2.64 bits per heavy atom. The maximum atomic E-state index is 12.1. The van der Waals surface area contributed by atoms with Crippen LogP contribution in [0.1, 0.15) is 25.3 Å². The van der Waals surface area contributed by atoms with Gasteiger partial charge in [-0.15, -0.1) is 12.4 Å². The van der Waals surface area contributed by atoms with Gasteiger partial charge in [0.05, 0.1) is 6.61 Å². The predicted molar refractivity (Wildman–Crippen MR) is 91.4 cm³/mol. The fraction of sp³-hybridized carbons (Fsp3) is 0.588. The molecule has 0 aromatic heterocycles. The molecule has 1 aliphatic heterocycles. The number of ether oxygens (including phenoxy) is 1. The lowest BCUT2D eigenvalue weighted by Crippen LogP contribution is -2.43. The molecule has 5 heteroatoms. The number of hydrogen-bond acceptors (Lipinski definition) is 4. The Bertz CT molecular complexity index is 422. The maximum absolute atomic E-state index is 12.1. The van der Waals surface area contributed by atoms with E-state index < -0.39 is 0 Å². The summed E-state index contributed by atoms with van der Waals surface area (Å²) >= 11 is 0. The highest BCUT2D eigenvalue weighted by Crippen LogP contribution is 2.11. The zero-order chi connectivity index (χ0) is 14.9. The molecule has 1 aromatic carbocycles. The third-order valence-electron chi connectivity index (χ3n) is 3.97. The SMILES string of the molecule is CCOC(=O)C(Cc1ccccc1)NCC1CCNCC1.Cl. The second-order valence-electron chi connectivity index (χ2n) is 5.60. The lowest BCUT2D eigenvalue weighted by atomic mass is 9.97. The number of piperidine rings is 1. The van der Waals surface area contributed by atoms with Gasteiger partial charge in [-0.1, -0.05) is 30.3 Å². The van der Waals surface area contributed by atoms with Crippen molar-refractivity contribution in [1.29, 1.82) is 0 Å². The van der Waals surface area contributed by atoms with Gasteiger partial charge in [0.1, 0.15) is 6.04 Å². The number of nitrogens with one attached hydrogen (secondary N) is 2. The normalized spacial score (nSPS) is 16.6. The summed E-state index contributed by atoms with van der Waals surface area (Å²) in [6.07, 6.45) is 3.03. The Kier molecular flexibility index (Phi) is 9.13. The molecule has 1 fully saturated rings. The average Bonchev–Trinajstić information content (AvgIpc) is 2.53. The molecule has 0 spiro atoms. The standard InChI is InChI=1S/C17H26N2O2.ClH/c1-2-21-17(20)16(12-14-6-4-3-5-7-14)19-13-15-8-10-18-11-9-15;/h3-7,15-16,18-19H,2,8-13H2,1H3;1H. The first-order valence-electron chi connectivity index (χ1n) is 7.94. The molecular weight excluding hydrogens is 300 g/mol. The number of hydrogen-bond donors (Lipinski definition) is 2. The van der Waals surface area contributed by atoms with Crippen molar-refractivity contribution in [1.82, 2.24) is 10.6 Å². The predicted octanol–water partition coefficient (Wildman–Crippen LogP) is 2.17. The van der Waals surface area contributed by atoms with Crippen molar-refractivity contribution in [2.24, 2.45) is 5.92 Å². The summed E-state index contributed by atoms with van der Waals surface area (Å²) in [5.41, 5.74) is 1.16. The molecule has 1 atom stereocenters. The molecular formula is C17H27ClN2O2. The molecule has 0 radical (unpaired) electrons. The van der Waals surface area contributed by atoms with Crippen molar-refractivity contribution in [3.05, 3.63) is 35.9 Å². The molecule has 1 aliphatic rings. The van der Waals surface area contributed by atoms with E-state index in [2.05, 4.69) is 22.8 Å². The summed E-state index contributed by atoms with van der Waals surface area (Å²) in [6.45, 7) is 5.33. The van der Waals surface area contributed by atoms with Crippen LogP contribution in [-0.2, 0) is 16.0 Å². The third kappa shape index (κ3) is 6.34. The summed E-state index contributed by atoms with van der Waals surface area (Å²) in [5.74, 6) is 0.509. The highest BCUT2D eigenvalue weighted by molar-refractivity contribution is 5.85. The molecule has 1 aromatic rings. The quantitative estimate of drug-likeness (QED) is 0.754. The summed E-state index contributed by atoms with van der Waals surface area (Å²) in [5, 5.41) is 6.79. The van der Waals surface area contributed by atoms with Gasteiger partial charge in [-0.2, -0.15) is 0 Å². The van der Waals surface area contributed by atoms with Gasteiger partial charge < -0.3 is 15.4 Å². The Morgan fingerprint density at radius 1 is 1.32 bits per heavy atom. The van der Waals surface area contributed by atoms with Crippen molar-refractivity contribution in [3.63, 3.8) is 0 Å². The minimum atomic E-state index is -0.248. The van der Waals surface area contributed by atoms with Gasteiger partial charge in [0.25, 0.3) is 0 Å². The minimum absolute atomic E-state index is 0. The van der Waals surface area contributed by atoms with Gasteiger partial charge in [-0.3, -0.25) is 4.79 Å². The second kappa shape index (κ2) is 10.6. The fourth-order valence-electron chi connectivity index (χ4n) is 2.73. The monoisotopic (exact) mass is 326 g/mol. The van der Waals surface area contributed by atoms with Crippen LogP contribution in [0, 0.1) is 5.92 Å². The number of carbonyl (C=O) groups excluding carboxylic acids is 1. The maximum Gasteiger partial charge on any atom is 0.323 e. The van der Waals surface area contributed by atoms with E-state index in [0.29, 0.717) is 18.9 Å². The summed E-state index contributed by atoms with van der Waals surface area (Å²) in [6, 6.07) is 9.86. The number of esters is 1. The number of carbonyl (C=O) groups is 1. The van der Waals surface area contributed by atoms with Gasteiger partial charge in [0.15, 0.2) is 0 Å². The zero-order valence-corrected chi connectivity index (χ0v) is 14.0. The summed E-state index contributed by atoms with van der Waals surface area (Å²) in [4.78, 5) is 12.1. The molecule has 1 saturated heterocycles. The Morgan fingerprint density at radius 2 is 2.00 bits per heavy atom. The first-order chi connectivity index (χ1) is 10.3. The van der Waals surface area contributed by atoms with Crippen molar-refractivity contribution < 1.29 is 9.53 Å². The first-order valence-corrected chi connectivity index (χ1v) is 7.94. The fourth-order valence-corrected chi connectivity index (χ4v) is 2.73. The van der Waals surface area contributed by atoms with E-state index >= 15 is 0 Å². The second-order valence-corrected chi connectivity index (χ2v) is 5.60. The van der Waals surface area contributed by atoms with Crippen LogP contribution < -0.4 is 10.6 Å². The highest BCUT2D eigenvalue weighted by Gasteiger charge is 2.22. The van der Waals surface area contributed by atoms with Crippen LogP contribution in [0.4, 0.5) is 0 Å². The molecule has 22 heavy (non-hydrogen) atoms. The van der Waals surface area contributed by atoms with E-state index in [1.807, 2.05) is 25.1 Å². The van der Waals surface area contributed by atoms with Crippen LogP contribution in [0.3, 0.4) is 0 Å². The Balaban J connectivity index is 0.00000242. The first kappa shape index (κ1) is 18.9. The average molecular weight is 327 g/mol.